The summed E-state index contributed by atoms with van der Waals surface area (Å²) in [7, 11) is 0. The van der Waals surface area contributed by atoms with Crippen molar-refractivity contribution in [3.63, 3.8) is 0 Å². The molecule has 1 nitrogen and oxygen atoms in total. The van der Waals surface area contributed by atoms with Crippen molar-refractivity contribution in [3.05, 3.63) is 140 Å². The minimum Gasteiger partial charge on any atom is -0.263 e. The van der Waals surface area contributed by atoms with Crippen LogP contribution in [0.25, 0.3) is 33.7 Å². The van der Waals surface area contributed by atoms with E-state index in [0.717, 1.165) is 101 Å². The van der Waals surface area contributed by atoms with E-state index >= 15 is 0 Å². The lowest BCUT2D eigenvalue weighted by molar-refractivity contribution is 0.281. The van der Waals surface area contributed by atoms with Gasteiger partial charge in [0.15, 0.2) is 34.9 Å². The summed E-state index contributed by atoms with van der Waals surface area (Å²) in [6, 6.07) is 16.1. The fourth-order valence-electron chi connectivity index (χ4n) is 7.97. The SMILES string of the molecule is Br.CCCCC1(CCCC)CC(c2cc(F)c(F)c(F)c2)=CC2=C1CC(c1cc(F)c(F)c(F)c1)=C1C=NC=c3ccc4ccccc4c3=C12. The molecule has 0 saturated carbocycles. The number of rotatable bonds is 8. The van der Waals surface area contributed by atoms with Gasteiger partial charge in [0, 0.05) is 23.2 Å². The Morgan fingerprint density at radius 3 is 1.94 bits per heavy atom. The normalized spacial score (nSPS) is 16.3. The van der Waals surface area contributed by atoms with Gasteiger partial charge in [-0.15, -0.1) is 17.0 Å². The first-order valence-corrected chi connectivity index (χ1v) is 16.9. The summed E-state index contributed by atoms with van der Waals surface area (Å²) in [6.07, 6.45) is 11.2. The second kappa shape index (κ2) is 14.2. The van der Waals surface area contributed by atoms with Gasteiger partial charge in [0.05, 0.1) is 0 Å². The molecule has 0 fully saturated rings. The van der Waals surface area contributed by atoms with Gasteiger partial charge in [0.25, 0.3) is 0 Å². The standard InChI is InChI=1S/C42H35F6N.BrH/c1-3-5-13-42(14-6-4-2)21-28(26-16-34(43)40(47)35(44)17-26)15-31-33(42)20-30(27-18-36(45)41(48)37(46)19-27)32-23-49-22-25-12-11-24-9-7-8-10-29(24)38(25)39(31)32;/h7-12,15-19,22-23H,3-6,13-14,20-21H2,1-2H3;1H. The van der Waals surface area contributed by atoms with Gasteiger partial charge in [-0.2, -0.15) is 0 Å². The van der Waals surface area contributed by atoms with E-state index in [2.05, 4.69) is 18.8 Å². The molecule has 3 aliphatic rings. The highest BCUT2D eigenvalue weighted by atomic mass is 79.9. The second-order valence-electron chi connectivity index (χ2n) is 13.3. The maximum atomic E-state index is 14.9. The number of benzene rings is 4. The summed E-state index contributed by atoms with van der Waals surface area (Å²) >= 11 is 0. The Balaban J connectivity index is 0.00000432. The largest absolute Gasteiger partial charge is 0.263 e. The number of nitrogens with zero attached hydrogens (tertiary/aromatic N) is 1. The van der Waals surface area contributed by atoms with Crippen LogP contribution in [0.3, 0.4) is 0 Å². The van der Waals surface area contributed by atoms with Crippen LogP contribution in [0.1, 0.15) is 76.3 Å². The monoisotopic (exact) mass is 747 g/mol. The predicted octanol–water partition coefficient (Wildman–Crippen LogP) is 11.2. The van der Waals surface area contributed by atoms with E-state index in [1.54, 1.807) is 12.4 Å². The van der Waals surface area contributed by atoms with E-state index in [0.29, 0.717) is 29.6 Å². The molecule has 1 aliphatic heterocycles. The number of hydrogen-bond donors (Lipinski definition) is 0. The molecule has 2 aliphatic carbocycles. The summed E-state index contributed by atoms with van der Waals surface area (Å²) in [5.74, 6) is -8.10. The molecule has 0 amide bonds. The van der Waals surface area contributed by atoms with Crippen LogP contribution in [0.15, 0.2) is 88.5 Å². The van der Waals surface area contributed by atoms with E-state index in [1.165, 1.54) is 0 Å². The Labute approximate surface area is 297 Å². The molecule has 1 heterocycles. The van der Waals surface area contributed by atoms with Gasteiger partial charge >= 0.3 is 0 Å². The zero-order chi connectivity index (χ0) is 34.4. The third kappa shape index (κ3) is 6.10. The Kier molecular flexibility index (Phi) is 10.1. The highest BCUT2D eigenvalue weighted by Crippen LogP contribution is 2.57. The number of allylic oxidation sites excluding steroid dienone is 6. The maximum Gasteiger partial charge on any atom is 0.194 e. The molecule has 4 aromatic rings. The van der Waals surface area contributed by atoms with Crippen molar-refractivity contribution in [1.29, 1.82) is 0 Å². The lowest BCUT2D eigenvalue weighted by Crippen LogP contribution is -2.34. The Bertz CT molecular complexity index is 2230. The van der Waals surface area contributed by atoms with Crippen molar-refractivity contribution >= 4 is 56.9 Å². The van der Waals surface area contributed by atoms with Crippen molar-refractivity contribution in [2.75, 3.05) is 0 Å². The number of halogens is 7. The van der Waals surface area contributed by atoms with E-state index < -0.39 is 40.3 Å². The van der Waals surface area contributed by atoms with Crippen LogP contribution in [0.2, 0.25) is 0 Å². The molecule has 258 valence electrons. The third-order valence-corrected chi connectivity index (χ3v) is 10.4. The van der Waals surface area contributed by atoms with Crippen LogP contribution in [0.4, 0.5) is 26.3 Å². The average Bonchev–Trinajstić information content (AvgIpc) is 3.30. The Hall–Kier alpha value is -4.17. The van der Waals surface area contributed by atoms with Crippen molar-refractivity contribution in [1.82, 2.24) is 0 Å². The minimum atomic E-state index is -1.53. The third-order valence-electron chi connectivity index (χ3n) is 10.4. The summed E-state index contributed by atoms with van der Waals surface area (Å²) in [5.41, 5.74) is 4.64. The van der Waals surface area contributed by atoms with E-state index in [1.807, 2.05) is 42.5 Å². The molecule has 50 heavy (non-hydrogen) atoms. The fourth-order valence-corrected chi connectivity index (χ4v) is 7.97. The molecule has 0 unspecified atom stereocenters. The topological polar surface area (TPSA) is 12.4 Å². The summed E-state index contributed by atoms with van der Waals surface area (Å²) in [6.45, 7) is 4.21. The quantitative estimate of drug-likeness (QED) is 0.126. The molecule has 7 rings (SSSR count). The Morgan fingerprint density at radius 2 is 1.32 bits per heavy atom. The average molecular weight is 749 g/mol. The van der Waals surface area contributed by atoms with Crippen LogP contribution in [-0.2, 0) is 0 Å². The molecule has 0 atom stereocenters. The zero-order valence-electron chi connectivity index (χ0n) is 27.8. The van der Waals surface area contributed by atoms with Crippen molar-refractivity contribution < 1.29 is 26.3 Å². The lowest BCUT2D eigenvalue weighted by atomic mass is 9.59. The summed E-state index contributed by atoms with van der Waals surface area (Å²) < 4.78 is 87.9. The molecule has 8 heteroatoms. The smallest absolute Gasteiger partial charge is 0.194 e. The lowest BCUT2D eigenvalue weighted by Gasteiger charge is -2.45. The van der Waals surface area contributed by atoms with E-state index in [9.17, 15) is 26.3 Å². The highest BCUT2D eigenvalue weighted by Gasteiger charge is 2.42. The highest BCUT2D eigenvalue weighted by molar-refractivity contribution is 8.93. The summed E-state index contributed by atoms with van der Waals surface area (Å²) in [4.78, 5) is 4.65. The molecule has 0 spiro atoms. The molecule has 0 aromatic heterocycles. The van der Waals surface area contributed by atoms with Crippen molar-refractivity contribution in [3.8, 4) is 0 Å². The number of fused-ring (bicyclic) bond motifs is 5. The first-order chi connectivity index (χ1) is 23.7. The van der Waals surface area contributed by atoms with Gasteiger partial charge in [-0.25, -0.2) is 26.3 Å². The van der Waals surface area contributed by atoms with Crippen molar-refractivity contribution in [2.45, 2.75) is 65.2 Å². The van der Waals surface area contributed by atoms with E-state index in [-0.39, 0.29) is 28.1 Å². The van der Waals surface area contributed by atoms with Crippen LogP contribution in [-0.4, -0.2) is 6.21 Å². The van der Waals surface area contributed by atoms with Crippen LogP contribution in [0, 0.1) is 40.3 Å². The maximum absolute atomic E-state index is 14.9. The van der Waals surface area contributed by atoms with Gasteiger partial charge < -0.3 is 0 Å². The van der Waals surface area contributed by atoms with Crippen LogP contribution in [0.5, 0.6) is 0 Å². The molecular formula is C42H36BrF6N. The number of hydrogen-bond acceptors (Lipinski definition) is 1. The fraction of sp³-hybridized carbons (Fsp3) is 0.262. The van der Waals surface area contributed by atoms with Gasteiger partial charge in [-0.1, -0.05) is 87.6 Å². The van der Waals surface area contributed by atoms with Gasteiger partial charge in [-0.05, 0) is 105 Å². The molecule has 4 aromatic carbocycles. The molecular weight excluding hydrogens is 712 g/mol. The van der Waals surface area contributed by atoms with Gasteiger partial charge in [0.1, 0.15) is 0 Å². The Morgan fingerprint density at radius 1 is 0.720 bits per heavy atom. The molecule has 0 N–H and O–H groups in total. The first kappa shape index (κ1) is 35.6. The van der Waals surface area contributed by atoms with E-state index in [4.69, 9.17) is 0 Å². The van der Waals surface area contributed by atoms with Gasteiger partial charge in [-0.3, -0.25) is 4.99 Å². The first-order valence-electron chi connectivity index (χ1n) is 16.9. The second-order valence-corrected chi connectivity index (χ2v) is 13.3. The zero-order valence-corrected chi connectivity index (χ0v) is 29.5. The van der Waals surface area contributed by atoms with Crippen molar-refractivity contribution in [2.24, 2.45) is 10.4 Å². The van der Waals surface area contributed by atoms with Crippen LogP contribution < -0.4 is 10.4 Å². The molecule has 0 bridgehead atoms. The van der Waals surface area contributed by atoms with Gasteiger partial charge in [0.2, 0.25) is 0 Å². The number of unbranched alkanes of at least 4 members (excludes halogenated alkanes) is 2. The predicted molar refractivity (Wildman–Crippen MR) is 195 cm³/mol. The molecule has 0 saturated heterocycles. The number of aliphatic imine (C=N–C) groups is 1. The molecule has 0 radical (unpaired) electrons. The van der Waals surface area contributed by atoms with Crippen LogP contribution >= 0.6 is 17.0 Å². The minimum absolute atomic E-state index is 0. The summed E-state index contributed by atoms with van der Waals surface area (Å²) in [5, 5.41) is 3.61.